The van der Waals surface area contributed by atoms with E-state index in [4.69, 9.17) is 4.74 Å². The normalized spacial score (nSPS) is 12.4. The van der Waals surface area contributed by atoms with Gasteiger partial charge in [0.05, 0.1) is 36.8 Å². The van der Waals surface area contributed by atoms with Gasteiger partial charge in [0.1, 0.15) is 11.6 Å². The standard InChI is InChI=1S/C11H12FN3OS/c1-13-11(10-6-14-17-15-10)8-4-3-7(16-2)5-9(8)12/h3-6,11,13H,1-2H3. The van der Waals surface area contributed by atoms with Crippen LogP contribution in [-0.4, -0.2) is 22.9 Å². The van der Waals surface area contributed by atoms with Crippen molar-refractivity contribution in [3.05, 3.63) is 41.5 Å². The topological polar surface area (TPSA) is 47.0 Å². The number of nitrogens with one attached hydrogen (secondary N) is 1. The summed E-state index contributed by atoms with van der Waals surface area (Å²) in [5.74, 6) is 0.175. The van der Waals surface area contributed by atoms with Crippen LogP contribution in [0.4, 0.5) is 4.39 Å². The van der Waals surface area contributed by atoms with Crippen LogP contribution in [0.2, 0.25) is 0 Å². The second-order valence-corrected chi connectivity index (χ2v) is 4.00. The third-order valence-electron chi connectivity index (χ3n) is 2.48. The number of ether oxygens (including phenoxy) is 1. The lowest BCUT2D eigenvalue weighted by Gasteiger charge is -2.15. The smallest absolute Gasteiger partial charge is 0.132 e. The van der Waals surface area contributed by atoms with Crippen LogP contribution in [0.3, 0.4) is 0 Å². The Morgan fingerprint density at radius 1 is 1.47 bits per heavy atom. The van der Waals surface area contributed by atoms with Crippen LogP contribution < -0.4 is 10.1 Å². The van der Waals surface area contributed by atoms with E-state index in [9.17, 15) is 4.39 Å². The van der Waals surface area contributed by atoms with Gasteiger partial charge in [-0.05, 0) is 13.1 Å². The van der Waals surface area contributed by atoms with Gasteiger partial charge in [0.2, 0.25) is 0 Å². The van der Waals surface area contributed by atoms with Gasteiger partial charge >= 0.3 is 0 Å². The Hall–Kier alpha value is -1.53. The van der Waals surface area contributed by atoms with Crippen molar-refractivity contribution >= 4 is 11.7 Å². The first-order valence-corrected chi connectivity index (χ1v) is 5.77. The first-order valence-electron chi connectivity index (χ1n) is 5.04. The predicted octanol–water partition coefficient (Wildman–Crippen LogP) is 1.99. The molecule has 0 saturated heterocycles. The van der Waals surface area contributed by atoms with E-state index in [-0.39, 0.29) is 11.9 Å². The molecule has 2 aromatic rings. The maximum absolute atomic E-state index is 13.9. The molecule has 1 aromatic heterocycles. The molecule has 1 heterocycles. The average molecular weight is 253 g/mol. The molecule has 0 aliphatic heterocycles. The molecule has 0 amide bonds. The molecule has 1 aromatic carbocycles. The number of nitrogens with zero attached hydrogens (tertiary/aromatic N) is 2. The average Bonchev–Trinajstić information content (AvgIpc) is 2.85. The van der Waals surface area contributed by atoms with Gasteiger partial charge < -0.3 is 10.1 Å². The minimum absolute atomic E-state index is 0.292. The molecular weight excluding hydrogens is 241 g/mol. The summed E-state index contributed by atoms with van der Waals surface area (Å²) in [5.41, 5.74) is 1.24. The van der Waals surface area contributed by atoms with Gasteiger partial charge in [0.25, 0.3) is 0 Å². The van der Waals surface area contributed by atoms with Crippen LogP contribution in [0.1, 0.15) is 17.3 Å². The van der Waals surface area contributed by atoms with Crippen molar-refractivity contribution in [2.45, 2.75) is 6.04 Å². The highest BCUT2D eigenvalue weighted by atomic mass is 32.1. The molecule has 1 unspecified atom stereocenters. The number of halogens is 1. The minimum atomic E-state index is -0.322. The van der Waals surface area contributed by atoms with Crippen molar-refractivity contribution in [2.75, 3.05) is 14.2 Å². The molecule has 0 bridgehead atoms. The Labute approximate surface area is 103 Å². The molecule has 2 rings (SSSR count). The molecule has 1 N–H and O–H groups in total. The van der Waals surface area contributed by atoms with Crippen molar-refractivity contribution in [1.82, 2.24) is 14.1 Å². The van der Waals surface area contributed by atoms with Gasteiger partial charge in [-0.2, -0.15) is 8.75 Å². The van der Waals surface area contributed by atoms with Crippen molar-refractivity contribution in [2.24, 2.45) is 0 Å². The molecule has 0 radical (unpaired) electrons. The zero-order valence-corrected chi connectivity index (χ0v) is 10.3. The highest BCUT2D eigenvalue weighted by molar-refractivity contribution is 6.99. The molecule has 6 heteroatoms. The third-order valence-corrected chi connectivity index (χ3v) is 2.97. The fraction of sp³-hybridized carbons (Fsp3) is 0.273. The van der Waals surface area contributed by atoms with E-state index >= 15 is 0 Å². The summed E-state index contributed by atoms with van der Waals surface area (Å²) in [6, 6.07) is 4.48. The van der Waals surface area contributed by atoms with E-state index in [1.165, 1.54) is 13.2 Å². The number of benzene rings is 1. The van der Waals surface area contributed by atoms with E-state index in [1.807, 2.05) is 0 Å². The van der Waals surface area contributed by atoms with Gasteiger partial charge in [-0.1, -0.05) is 6.07 Å². The Morgan fingerprint density at radius 3 is 2.82 bits per heavy atom. The Balaban J connectivity index is 2.38. The number of methoxy groups -OCH3 is 1. The van der Waals surface area contributed by atoms with Crippen molar-refractivity contribution in [3.63, 3.8) is 0 Å². The molecule has 90 valence electrons. The largest absolute Gasteiger partial charge is 0.497 e. The molecule has 0 aliphatic carbocycles. The van der Waals surface area contributed by atoms with Gasteiger partial charge in [-0.3, -0.25) is 0 Å². The molecule has 0 spiro atoms. The first-order chi connectivity index (χ1) is 8.26. The molecule has 1 atom stereocenters. The lowest BCUT2D eigenvalue weighted by Crippen LogP contribution is -2.19. The van der Waals surface area contributed by atoms with E-state index in [2.05, 4.69) is 14.1 Å². The van der Waals surface area contributed by atoms with E-state index in [1.54, 1.807) is 25.4 Å². The summed E-state index contributed by atoms with van der Waals surface area (Å²) in [7, 11) is 3.27. The summed E-state index contributed by atoms with van der Waals surface area (Å²) >= 11 is 1.10. The molecule has 0 fully saturated rings. The maximum atomic E-state index is 13.9. The summed E-state index contributed by atoms with van der Waals surface area (Å²) in [4.78, 5) is 0. The van der Waals surface area contributed by atoms with E-state index in [0.29, 0.717) is 17.0 Å². The van der Waals surface area contributed by atoms with Gasteiger partial charge in [0, 0.05) is 11.6 Å². The van der Waals surface area contributed by atoms with Crippen LogP contribution in [-0.2, 0) is 0 Å². The Morgan fingerprint density at radius 2 is 2.29 bits per heavy atom. The van der Waals surface area contributed by atoms with Crippen LogP contribution in [0.5, 0.6) is 5.75 Å². The van der Waals surface area contributed by atoms with Crippen molar-refractivity contribution in [1.29, 1.82) is 0 Å². The van der Waals surface area contributed by atoms with Crippen LogP contribution in [0.25, 0.3) is 0 Å². The van der Waals surface area contributed by atoms with Crippen LogP contribution >= 0.6 is 11.7 Å². The molecule has 17 heavy (non-hydrogen) atoms. The maximum Gasteiger partial charge on any atom is 0.132 e. The second-order valence-electron chi connectivity index (χ2n) is 3.44. The lowest BCUT2D eigenvalue weighted by molar-refractivity contribution is 0.410. The Kier molecular flexibility index (Phi) is 3.65. The monoisotopic (exact) mass is 253 g/mol. The van der Waals surface area contributed by atoms with Crippen molar-refractivity contribution < 1.29 is 9.13 Å². The predicted molar refractivity (Wildman–Crippen MR) is 63.8 cm³/mol. The van der Waals surface area contributed by atoms with Gasteiger partial charge in [-0.25, -0.2) is 4.39 Å². The zero-order chi connectivity index (χ0) is 12.3. The highest BCUT2D eigenvalue weighted by Crippen LogP contribution is 2.25. The van der Waals surface area contributed by atoms with Crippen LogP contribution in [0, 0.1) is 5.82 Å². The highest BCUT2D eigenvalue weighted by Gasteiger charge is 2.18. The third kappa shape index (κ3) is 2.42. The summed E-state index contributed by atoms with van der Waals surface area (Å²) in [6.07, 6.45) is 1.63. The summed E-state index contributed by atoms with van der Waals surface area (Å²) in [5, 5.41) is 3.02. The second kappa shape index (κ2) is 5.20. The number of hydrogen-bond donors (Lipinski definition) is 1. The van der Waals surface area contributed by atoms with Gasteiger partial charge in [-0.15, -0.1) is 0 Å². The zero-order valence-electron chi connectivity index (χ0n) is 9.48. The minimum Gasteiger partial charge on any atom is -0.497 e. The molecule has 0 saturated carbocycles. The van der Waals surface area contributed by atoms with Crippen molar-refractivity contribution in [3.8, 4) is 5.75 Å². The van der Waals surface area contributed by atoms with E-state index < -0.39 is 0 Å². The lowest BCUT2D eigenvalue weighted by atomic mass is 10.0. The molecule has 0 aliphatic rings. The summed E-state index contributed by atoms with van der Waals surface area (Å²) < 4.78 is 26.9. The number of aromatic nitrogens is 2. The number of hydrogen-bond acceptors (Lipinski definition) is 5. The van der Waals surface area contributed by atoms with E-state index in [0.717, 1.165) is 11.7 Å². The quantitative estimate of drug-likeness (QED) is 0.905. The van der Waals surface area contributed by atoms with Crippen LogP contribution in [0.15, 0.2) is 24.4 Å². The van der Waals surface area contributed by atoms with Gasteiger partial charge in [0.15, 0.2) is 0 Å². The molecule has 4 nitrogen and oxygen atoms in total. The first kappa shape index (κ1) is 11.9. The fourth-order valence-corrected chi connectivity index (χ4v) is 2.08. The summed E-state index contributed by atoms with van der Waals surface area (Å²) in [6.45, 7) is 0. The Bertz CT molecular complexity index is 489. The molecular formula is C11H12FN3OS. The number of rotatable bonds is 4. The fourth-order valence-electron chi connectivity index (χ4n) is 1.63. The SMILES string of the molecule is CNC(c1cnsn1)c1ccc(OC)cc1F.